The van der Waals surface area contributed by atoms with E-state index in [9.17, 15) is 22.3 Å². The molecule has 24 heavy (non-hydrogen) atoms. The molecule has 2 aliphatic rings. The molecule has 0 amide bonds. The van der Waals surface area contributed by atoms with Crippen LogP contribution in [0.5, 0.6) is 0 Å². The highest BCUT2D eigenvalue weighted by Crippen LogP contribution is 2.37. The predicted molar refractivity (Wildman–Crippen MR) is 86.8 cm³/mol. The van der Waals surface area contributed by atoms with Crippen LogP contribution in [0, 0.1) is 11.6 Å². The second-order valence-corrected chi connectivity index (χ2v) is 7.84. The van der Waals surface area contributed by atoms with E-state index in [0.29, 0.717) is 16.1 Å². The van der Waals surface area contributed by atoms with Crippen LogP contribution in [-0.4, -0.2) is 20.4 Å². The lowest BCUT2D eigenvalue weighted by Gasteiger charge is -2.17. The Morgan fingerprint density at radius 3 is 2.58 bits per heavy atom. The third-order valence-corrected chi connectivity index (χ3v) is 4.82. The van der Waals surface area contributed by atoms with Crippen LogP contribution in [0.25, 0.3) is 0 Å². The Labute approximate surface area is 141 Å². The molecular weight excluding hydrogens is 356 g/mol. The number of nitrogens with zero attached hydrogens (tertiary/aromatic N) is 1. The largest absolute Gasteiger partial charge is 0.872 e. The Bertz CT molecular complexity index is 987. The van der Waals surface area contributed by atoms with Crippen molar-refractivity contribution in [3.63, 3.8) is 0 Å². The first kappa shape index (κ1) is 16.7. The summed E-state index contributed by atoms with van der Waals surface area (Å²) in [5.41, 5.74) is 1.03. The maximum atomic E-state index is 13.9. The monoisotopic (exact) mass is 366 g/mol. The van der Waals surface area contributed by atoms with E-state index < -0.39 is 21.7 Å². The van der Waals surface area contributed by atoms with Crippen molar-refractivity contribution < 1.29 is 22.3 Å². The smallest absolute Gasteiger partial charge is 0.250 e. The third-order valence-electron chi connectivity index (χ3n) is 3.19. The molecule has 0 atom stereocenters. The number of hydrogen-bond acceptors (Lipinski definition) is 4. The lowest BCUT2D eigenvalue weighted by atomic mass is 10.0. The fraction of sp³-hybridized carbons (Fsp3) is 0.0625. The molecule has 0 fully saturated rings. The van der Waals surface area contributed by atoms with Crippen molar-refractivity contribution in [2.45, 2.75) is 4.90 Å². The summed E-state index contributed by atoms with van der Waals surface area (Å²) in [6.07, 6.45) is 6.79. The fourth-order valence-corrected chi connectivity index (χ4v) is 3.68. The van der Waals surface area contributed by atoms with Crippen molar-refractivity contribution in [1.29, 1.82) is 0 Å². The number of thioether (sulfide) groups is 1. The second-order valence-electron chi connectivity index (χ2n) is 5.11. The zero-order valence-electron chi connectivity index (χ0n) is 12.3. The van der Waals surface area contributed by atoms with E-state index in [4.69, 9.17) is 0 Å². The molecule has 3 rings (SSSR count). The minimum atomic E-state index is -3.69. The van der Waals surface area contributed by atoms with E-state index in [2.05, 4.69) is 4.40 Å². The van der Waals surface area contributed by atoms with Gasteiger partial charge in [-0.15, -0.1) is 5.76 Å². The van der Waals surface area contributed by atoms with E-state index in [1.54, 1.807) is 6.08 Å². The van der Waals surface area contributed by atoms with E-state index in [1.165, 1.54) is 24.3 Å². The molecule has 0 spiro atoms. The summed E-state index contributed by atoms with van der Waals surface area (Å²) in [4.78, 5) is 0.390. The quantitative estimate of drug-likeness (QED) is 0.824. The summed E-state index contributed by atoms with van der Waals surface area (Å²) >= 11 is 0.878. The molecular formula is C16H10F2NO3S2-. The normalized spacial score (nSPS) is 18.7. The molecule has 2 aliphatic carbocycles. The molecule has 0 radical (unpaired) electrons. The van der Waals surface area contributed by atoms with E-state index in [-0.39, 0.29) is 16.4 Å². The Hall–Kier alpha value is -2.19. The molecule has 0 heterocycles. The van der Waals surface area contributed by atoms with Gasteiger partial charge in [0.1, 0.15) is 11.6 Å². The first-order chi connectivity index (χ1) is 11.2. The Balaban J connectivity index is 2.07. The van der Waals surface area contributed by atoms with Crippen LogP contribution in [0.2, 0.25) is 0 Å². The van der Waals surface area contributed by atoms with Gasteiger partial charge in [-0.2, -0.15) is 4.40 Å². The number of rotatable bonds is 3. The van der Waals surface area contributed by atoms with Gasteiger partial charge in [0.15, 0.2) is 0 Å². The number of fused-ring (bicyclic) bond motifs is 1. The average molecular weight is 366 g/mol. The minimum Gasteiger partial charge on any atom is -0.872 e. The summed E-state index contributed by atoms with van der Waals surface area (Å²) in [7, 11) is -3.69. The fourth-order valence-electron chi connectivity index (χ4n) is 2.20. The average Bonchev–Trinajstić information content (AvgIpc) is 2.81. The number of hydrogen-bond donors (Lipinski definition) is 0. The minimum absolute atomic E-state index is 0.0970. The SMILES string of the molecule is CS(=O)(=O)N=C1C=C2C=CC([O-])=C2C=C1Sc1ccc(F)cc1F. The topological polar surface area (TPSA) is 69.6 Å². The molecule has 0 bridgehead atoms. The summed E-state index contributed by atoms with van der Waals surface area (Å²) in [6, 6.07) is 3.07. The maximum absolute atomic E-state index is 13.9. The molecule has 0 aliphatic heterocycles. The van der Waals surface area contributed by atoms with Crippen LogP contribution in [0.3, 0.4) is 0 Å². The maximum Gasteiger partial charge on any atom is 0.250 e. The molecule has 0 N–H and O–H groups in total. The first-order valence-electron chi connectivity index (χ1n) is 6.69. The highest BCUT2D eigenvalue weighted by atomic mass is 32.2. The van der Waals surface area contributed by atoms with Gasteiger partial charge in [0.05, 0.1) is 12.0 Å². The van der Waals surface area contributed by atoms with E-state index >= 15 is 0 Å². The van der Waals surface area contributed by atoms with Gasteiger partial charge in [-0.1, -0.05) is 23.9 Å². The predicted octanol–water partition coefficient (Wildman–Crippen LogP) is 2.47. The van der Waals surface area contributed by atoms with Crippen molar-refractivity contribution >= 4 is 27.5 Å². The van der Waals surface area contributed by atoms with Gasteiger partial charge in [0.25, 0.3) is 10.0 Å². The molecule has 1 aromatic carbocycles. The third kappa shape index (κ3) is 3.49. The molecule has 124 valence electrons. The summed E-state index contributed by atoms with van der Waals surface area (Å²) in [5.74, 6) is -1.72. The highest BCUT2D eigenvalue weighted by Gasteiger charge is 2.21. The molecule has 1 aromatic rings. The van der Waals surface area contributed by atoms with Crippen molar-refractivity contribution in [1.82, 2.24) is 0 Å². The van der Waals surface area contributed by atoms with E-state index in [1.807, 2.05) is 0 Å². The Kier molecular flexibility index (Phi) is 4.18. The highest BCUT2D eigenvalue weighted by molar-refractivity contribution is 8.04. The first-order valence-corrected chi connectivity index (χ1v) is 9.36. The number of benzene rings is 1. The van der Waals surface area contributed by atoms with Crippen LogP contribution < -0.4 is 5.11 Å². The lowest BCUT2D eigenvalue weighted by molar-refractivity contribution is -0.295. The number of allylic oxidation sites excluding steroid dienone is 7. The van der Waals surface area contributed by atoms with Crippen molar-refractivity contribution in [3.05, 3.63) is 75.9 Å². The van der Waals surface area contributed by atoms with Gasteiger partial charge >= 0.3 is 0 Å². The van der Waals surface area contributed by atoms with Crippen LogP contribution in [0.15, 0.2) is 73.6 Å². The van der Waals surface area contributed by atoms with Gasteiger partial charge in [-0.3, -0.25) is 0 Å². The number of halogens is 2. The van der Waals surface area contributed by atoms with Gasteiger partial charge < -0.3 is 5.11 Å². The molecule has 8 heteroatoms. The lowest BCUT2D eigenvalue weighted by Crippen LogP contribution is -2.10. The molecule has 4 nitrogen and oxygen atoms in total. The molecule has 0 aromatic heterocycles. The Morgan fingerprint density at radius 2 is 1.92 bits per heavy atom. The molecule has 0 saturated carbocycles. The van der Waals surface area contributed by atoms with Crippen LogP contribution in [0.4, 0.5) is 8.78 Å². The van der Waals surface area contributed by atoms with Crippen molar-refractivity contribution in [2.75, 3.05) is 6.26 Å². The summed E-state index contributed by atoms with van der Waals surface area (Å²) in [6.45, 7) is 0. The zero-order valence-corrected chi connectivity index (χ0v) is 13.9. The van der Waals surface area contributed by atoms with Crippen LogP contribution >= 0.6 is 11.8 Å². The molecule has 0 saturated heterocycles. The zero-order chi connectivity index (χ0) is 17.5. The second kappa shape index (κ2) is 6.03. The number of sulfonamides is 1. The standard InChI is InChI=1S/C16H11F2NO3S2/c1-24(21,22)19-13-6-9-2-4-14(20)11(9)8-16(13)23-15-5-3-10(17)7-12(15)18/h2-8,20H,1H3/p-1. The van der Waals surface area contributed by atoms with Gasteiger partial charge in [-0.05, 0) is 35.4 Å². The van der Waals surface area contributed by atoms with Crippen molar-refractivity contribution in [3.8, 4) is 0 Å². The van der Waals surface area contributed by atoms with Gasteiger partial charge in [0.2, 0.25) is 0 Å². The van der Waals surface area contributed by atoms with E-state index in [0.717, 1.165) is 30.2 Å². The molecule has 0 unspecified atom stereocenters. The Morgan fingerprint density at radius 1 is 1.17 bits per heavy atom. The summed E-state index contributed by atoms with van der Waals surface area (Å²) < 4.78 is 53.5. The van der Waals surface area contributed by atoms with Crippen LogP contribution in [0.1, 0.15) is 0 Å². The summed E-state index contributed by atoms with van der Waals surface area (Å²) in [5, 5.41) is 11.8. The van der Waals surface area contributed by atoms with Crippen molar-refractivity contribution in [2.24, 2.45) is 4.40 Å². The van der Waals surface area contributed by atoms with Gasteiger partial charge in [0, 0.05) is 15.9 Å². The van der Waals surface area contributed by atoms with Gasteiger partial charge in [-0.25, -0.2) is 17.2 Å². The van der Waals surface area contributed by atoms with Crippen LogP contribution in [-0.2, 0) is 10.0 Å².